The smallest absolute Gasteiger partial charge is 0.253 e. The van der Waals surface area contributed by atoms with Crippen molar-refractivity contribution in [1.82, 2.24) is 10.0 Å². The lowest BCUT2D eigenvalue weighted by molar-refractivity contribution is 0.0941. The molecule has 0 aliphatic carbocycles. The van der Waals surface area contributed by atoms with Crippen molar-refractivity contribution in [2.24, 2.45) is 0 Å². The third-order valence-electron chi connectivity index (χ3n) is 4.20. The van der Waals surface area contributed by atoms with Crippen molar-refractivity contribution >= 4 is 49.0 Å². The van der Waals surface area contributed by atoms with Crippen LogP contribution in [0.25, 0.3) is 0 Å². The molecular formula is C16H22Cl2N2O5S2. The lowest BCUT2D eigenvalue weighted by atomic mass is 10.2. The van der Waals surface area contributed by atoms with Crippen LogP contribution < -0.4 is 10.0 Å². The van der Waals surface area contributed by atoms with Crippen LogP contribution in [0.4, 0.5) is 0 Å². The largest absolute Gasteiger partial charge is 0.348 e. The van der Waals surface area contributed by atoms with E-state index in [2.05, 4.69) is 10.0 Å². The minimum atomic E-state index is -3.95. The zero-order valence-electron chi connectivity index (χ0n) is 15.0. The van der Waals surface area contributed by atoms with Crippen LogP contribution in [0, 0.1) is 0 Å². The van der Waals surface area contributed by atoms with Gasteiger partial charge in [0.2, 0.25) is 10.0 Å². The van der Waals surface area contributed by atoms with Gasteiger partial charge in [0.05, 0.1) is 27.1 Å². The molecule has 0 aromatic heterocycles. The lowest BCUT2D eigenvalue weighted by Gasteiger charge is -2.16. The molecule has 1 aromatic carbocycles. The van der Waals surface area contributed by atoms with Gasteiger partial charge >= 0.3 is 0 Å². The summed E-state index contributed by atoms with van der Waals surface area (Å²) in [6.45, 7) is 3.67. The molecule has 0 saturated carbocycles. The van der Waals surface area contributed by atoms with E-state index in [-0.39, 0.29) is 38.1 Å². The van der Waals surface area contributed by atoms with Gasteiger partial charge in [0.25, 0.3) is 5.91 Å². The number of hydrogen-bond acceptors (Lipinski definition) is 5. The predicted octanol–water partition coefficient (Wildman–Crippen LogP) is 2.38. The van der Waals surface area contributed by atoms with Gasteiger partial charge < -0.3 is 5.32 Å². The summed E-state index contributed by atoms with van der Waals surface area (Å²) < 4.78 is 50.8. The quantitative estimate of drug-likeness (QED) is 0.654. The summed E-state index contributed by atoms with van der Waals surface area (Å²) in [6.07, 6.45) is 1.75. The molecule has 0 bridgehead atoms. The molecule has 0 unspecified atom stereocenters. The van der Waals surface area contributed by atoms with E-state index in [0.29, 0.717) is 12.8 Å². The van der Waals surface area contributed by atoms with E-state index in [4.69, 9.17) is 23.2 Å². The van der Waals surface area contributed by atoms with Crippen LogP contribution in [0.2, 0.25) is 10.0 Å². The van der Waals surface area contributed by atoms with Gasteiger partial charge in [-0.3, -0.25) is 4.79 Å². The average molecular weight is 457 g/mol. The summed E-state index contributed by atoms with van der Waals surface area (Å²) in [5.41, 5.74) is -0.0751. The Morgan fingerprint density at radius 1 is 1.30 bits per heavy atom. The van der Waals surface area contributed by atoms with Gasteiger partial charge in [0.15, 0.2) is 9.84 Å². The lowest BCUT2D eigenvalue weighted by Crippen LogP contribution is -2.36. The fourth-order valence-electron chi connectivity index (χ4n) is 2.90. The second-order valence-corrected chi connectivity index (χ2v) is 11.4. The summed E-state index contributed by atoms with van der Waals surface area (Å²) >= 11 is 12.1. The third kappa shape index (κ3) is 5.80. The van der Waals surface area contributed by atoms with Crippen LogP contribution in [0.3, 0.4) is 0 Å². The van der Waals surface area contributed by atoms with Gasteiger partial charge in [-0.15, -0.1) is 0 Å². The third-order valence-corrected chi connectivity index (χ3v) is 8.34. The number of halogens is 2. The molecule has 2 N–H and O–H groups in total. The van der Waals surface area contributed by atoms with Gasteiger partial charge in [-0.2, -0.15) is 0 Å². The van der Waals surface area contributed by atoms with Crippen molar-refractivity contribution in [2.45, 2.75) is 50.1 Å². The van der Waals surface area contributed by atoms with Gasteiger partial charge in [0, 0.05) is 12.1 Å². The van der Waals surface area contributed by atoms with Gasteiger partial charge in [0.1, 0.15) is 4.90 Å². The summed E-state index contributed by atoms with van der Waals surface area (Å²) in [6, 6.07) is 1.48. The first-order valence-electron chi connectivity index (χ1n) is 8.48. The second-order valence-electron chi connectivity index (χ2n) is 6.65. The molecule has 1 amide bonds. The van der Waals surface area contributed by atoms with E-state index < -0.39 is 31.8 Å². The zero-order chi connectivity index (χ0) is 20.4. The first-order chi connectivity index (χ1) is 12.4. The summed E-state index contributed by atoms with van der Waals surface area (Å²) in [4.78, 5) is 12.2. The second kappa shape index (κ2) is 8.65. The van der Waals surface area contributed by atoms with Crippen LogP contribution in [0.1, 0.15) is 43.5 Å². The Hall–Kier alpha value is -0.870. The maximum Gasteiger partial charge on any atom is 0.253 e. The summed E-state index contributed by atoms with van der Waals surface area (Å²) in [5.74, 6) is -0.784. The van der Waals surface area contributed by atoms with Gasteiger partial charge in [-0.1, -0.05) is 36.5 Å². The molecular weight excluding hydrogens is 435 g/mol. The first-order valence-corrected chi connectivity index (χ1v) is 12.5. The number of nitrogens with one attached hydrogen (secondary N) is 2. The van der Waals surface area contributed by atoms with Crippen LogP contribution in [0.5, 0.6) is 0 Å². The average Bonchev–Trinajstić information content (AvgIpc) is 2.85. The van der Waals surface area contributed by atoms with Crippen LogP contribution in [0.15, 0.2) is 17.0 Å². The normalized spacial score (nSPS) is 20.4. The van der Waals surface area contributed by atoms with E-state index in [1.54, 1.807) is 6.92 Å². The van der Waals surface area contributed by atoms with Gasteiger partial charge in [-0.05, 0) is 31.9 Å². The number of carbonyl (C=O) groups excluding carboxylic acids is 1. The SMILES string of the molecule is CCC[C@@H](C)NS(=O)(=O)c1cc(C(=O)N[C@H]2CCS(=O)(=O)C2)c(Cl)cc1Cl. The highest BCUT2D eigenvalue weighted by Crippen LogP contribution is 2.29. The topological polar surface area (TPSA) is 109 Å². The Bertz CT molecular complexity index is 932. The Kier molecular flexibility index (Phi) is 7.18. The molecule has 27 heavy (non-hydrogen) atoms. The number of benzene rings is 1. The number of sulfone groups is 1. The molecule has 1 heterocycles. The van der Waals surface area contributed by atoms with Crippen molar-refractivity contribution < 1.29 is 21.6 Å². The summed E-state index contributed by atoms with van der Waals surface area (Å²) in [5, 5.41) is 2.47. The molecule has 1 saturated heterocycles. The maximum absolute atomic E-state index is 12.6. The van der Waals surface area contributed by atoms with E-state index in [1.165, 1.54) is 6.07 Å². The Morgan fingerprint density at radius 3 is 2.52 bits per heavy atom. The molecule has 1 fully saturated rings. The first kappa shape index (κ1) is 22.4. The highest BCUT2D eigenvalue weighted by molar-refractivity contribution is 7.91. The van der Waals surface area contributed by atoms with E-state index in [1.807, 2.05) is 6.92 Å². The van der Waals surface area contributed by atoms with Crippen LogP contribution in [-0.4, -0.2) is 46.3 Å². The number of rotatable bonds is 7. The monoisotopic (exact) mass is 456 g/mol. The Morgan fingerprint density at radius 2 is 1.96 bits per heavy atom. The number of amides is 1. The van der Waals surface area contributed by atoms with Crippen molar-refractivity contribution in [1.29, 1.82) is 0 Å². The van der Waals surface area contributed by atoms with Crippen LogP contribution in [-0.2, 0) is 19.9 Å². The van der Waals surface area contributed by atoms with Crippen molar-refractivity contribution in [3.63, 3.8) is 0 Å². The van der Waals surface area contributed by atoms with Crippen molar-refractivity contribution in [3.8, 4) is 0 Å². The Balaban J connectivity index is 2.28. The number of hydrogen-bond donors (Lipinski definition) is 2. The minimum Gasteiger partial charge on any atom is -0.348 e. The molecule has 1 aromatic rings. The maximum atomic E-state index is 12.6. The highest BCUT2D eigenvalue weighted by Gasteiger charge is 2.30. The summed E-state index contributed by atoms with van der Waals surface area (Å²) in [7, 11) is -7.11. The molecule has 7 nitrogen and oxygen atoms in total. The number of sulfonamides is 1. The molecule has 2 rings (SSSR count). The molecule has 1 aliphatic heterocycles. The molecule has 0 spiro atoms. The standard InChI is InChI=1S/C16H22Cl2N2O5S2/c1-3-4-10(2)20-27(24,25)15-7-12(13(17)8-14(15)18)16(21)19-11-5-6-26(22,23)9-11/h7-8,10-11,20H,3-6,9H2,1-2H3,(H,19,21)/t10-,11+/m1/s1. The van der Waals surface area contributed by atoms with E-state index in [0.717, 1.165) is 12.5 Å². The highest BCUT2D eigenvalue weighted by atomic mass is 35.5. The van der Waals surface area contributed by atoms with E-state index in [9.17, 15) is 21.6 Å². The molecule has 0 radical (unpaired) electrons. The van der Waals surface area contributed by atoms with Gasteiger partial charge in [-0.25, -0.2) is 21.6 Å². The predicted molar refractivity (Wildman–Crippen MR) is 106 cm³/mol. The van der Waals surface area contributed by atoms with Crippen molar-refractivity contribution in [3.05, 3.63) is 27.7 Å². The van der Waals surface area contributed by atoms with Crippen LogP contribution >= 0.6 is 23.2 Å². The molecule has 152 valence electrons. The fourth-order valence-corrected chi connectivity index (χ4v) is 6.71. The number of carbonyl (C=O) groups is 1. The fraction of sp³-hybridized carbons (Fsp3) is 0.562. The van der Waals surface area contributed by atoms with E-state index >= 15 is 0 Å². The zero-order valence-corrected chi connectivity index (χ0v) is 18.1. The molecule has 2 atom stereocenters. The molecule has 11 heteroatoms. The molecule has 1 aliphatic rings. The minimum absolute atomic E-state index is 0.00512. The van der Waals surface area contributed by atoms with Crippen molar-refractivity contribution in [2.75, 3.05) is 11.5 Å². The Labute approximate surface area is 169 Å².